The monoisotopic (exact) mass is 339 g/mol. The lowest BCUT2D eigenvalue weighted by Gasteiger charge is -2.34. The van der Waals surface area contributed by atoms with Crippen molar-refractivity contribution in [2.75, 3.05) is 26.2 Å². The SMILES string of the molecule is CCNC(=NCc1cccc2ccccc12)N1CCC(OCC)CC1. The van der Waals surface area contributed by atoms with E-state index in [1.54, 1.807) is 0 Å². The molecule has 0 unspecified atom stereocenters. The molecule has 0 amide bonds. The van der Waals surface area contributed by atoms with Gasteiger partial charge >= 0.3 is 0 Å². The number of piperidine rings is 1. The molecule has 2 aromatic carbocycles. The molecule has 1 aliphatic rings. The molecule has 134 valence electrons. The van der Waals surface area contributed by atoms with Crippen LogP contribution in [0.25, 0.3) is 10.8 Å². The zero-order chi connectivity index (χ0) is 17.5. The number of hydrogen-bond acceptors (Lipinski definition) is 2. The van der Waals surface area contributed by atoms with Crippen LogP contribution >= 0.6 is 0 Å². The number of nitrogens with one attached hydrogen (secondary N) is 1. The molecule has 0 saturated carbocycles. The molecule has 25 heavy (non-hydrogen) atoms. The van der Waals surface area contributed by atoms with Crippen LogP contribution in [0.5, 0.6) is 0 Å². The lowest BCUT2D eigenvalue weighted by atomic mass is 10.0. The maximum atomic E-state index is 5.76. The standard InChI is InChI=1S/C21H29N3O/c1-3-22-21(24-14-12-19(13-15-24)25-4-2)23-16-18-10-7-9-17-8-5-6-11-20(17)18/h5-11,19H,3-4,12-16H2,1-2H3,(H,22,23). The van der Waals surface area contributed by atoms with E-state index in [0.717, 1.165) is 45.0 Å². The van der Waals surface area contributed by atoms with E-state index in [0.29, 0.717) is 12.6 Å². The maximum Gasteiger partial charge on any atom is 0.194 e. The van der Waals surface area contributed by atoms with Crippen LogP contribution in [0, 0.1) is 0 Å². The minimum absolute atomic E-state index is 0.405. The fourth-order valence-electron chi connectivity index (χ4n) is 3.49. The molecule has 1 saturated heterocycles. The molecular formula is C21H29N3O. The first-order valence-corrected chi connectivity index (χ1v) is 9.43. The van der Waals surface area contributed by atoms with Gasteiger partial charge in [-0.1, -0.05) is 42.5 Å². The molecule has 4 heteroatoms. The van der Waals surface area contributed by atoms with Crippen molar-refractivity contribution in [2.24, 2.45) is 4.99 Å². The van der Waals surface area contributed by atoms with Gasteiger partial charge in [0.25, 0.3) is 0 Å². The average molecular weight is 339 g/mol. The van der Waals surface area contributed by atoms with Crippen LogP contribution < -0.4 is 5.32 Å². The van der Waals surface area contributed by atoms with Crippen LogP contribution in [-0.2, 0) is 11.3 Å². The van der Waals surface area contributed by atoms with Crippen molar-refractivity contribution in [2.45, 2.75) is 39.3 Å². The summed E-state index contributed by atoms with van der Waals surface area (Å²) in [6.45, 7) is 8.61. The molecule has 0 atom stereocenters. The lowest BCUT2D eigenvalue weighted by molar-refractivity contribution is 0.0263. The van der Waals surface area contributed by atoms with Gasteiger partial charge in [0.2, 0.25) is 0 Å². The van der Waals surface area contributed by atoms with Gasteiger partial charge in [0.15, 0.2) is 5.96 Å². The fraction of sp³-hybridized carbons (Fsp3) is 0.476. The zero-order valence-electron chi connectivity index (χ0n) is 15.4. The Hall–Kier alpha value is -2.07. The fourth-order valence-corrected chi connectivity index (χ4v) is 3.49. The third kappa shape index (κ3) is 4.51. The minimum atomic E-state index is 0.405. The summed E-state index contributed by atoms with van der Waals surface area (Å²) in [6.07, 6.45) is 2.56. The molecule has 1 aliphatic heterocycles. The van der Waals surface area contributed by atoms with Crippen molar-refractivity contribution in [1.82, 2.24) is 10.2 Å². The van der Waals surface area contributed by atoms with Crippen LogP contribution in [0.3, 0.4) is 0 Å². The first kappa shape index (κ1) is 17.7. The zero-order valence-corrected chi connectivity index (χ0v) is 15.4. The molecule has 0 aromatic heterocycles. The molecule has 0 radical (unpaired) electrons. The van der Waals surface area contributed by atoms with Gasteiger partial charge in [-0.15, -0.1) is 0 Å². The van der Waals surface area contributed by atoms with Crippen molar-refractivity contribution < 1.29 is 4.74 Å². The second-order valence-electron chi connectivity index (χ2n) is 6.45. The quantitative estimate of drug-likeness (QED) is 0.665. The Morgan fingerprint density at radius 2 is 1.88 bits per heavy atom. The van der Waals surface area contributed by atoms with E-state index in [9.17, 15) is 0 Å². The average Bonchev–Trinajstić information content (AvgIpc) is 2.66. The predicted molar refractivity (Wildman–Crippen MR) is 105 cm³/mol. The Morgan fingerprint density at radius 3 is 2.64 bits per heavy atom. The predicted octanol–water partition coefficient (Wildman–Crippen LogP) is 3.81. The lowest BCUT2D eigenvalue weighted by Crippen LogP contribution is -2.47. The number of likely N-dealkylation sites (tertiary alicyclic amines) is 1. The van der Waals surface area contributed by atoms with Gasteiger partial charge < -0.3 is 15.0 Å². The molecule has 1 N–H and O–H groups in total. The van der Waals surface area contributed by atoms with Crippen molar-refractivity contribution in [3.8, 4) is 0 Å². The second kappa shape index (κ2) is 8.86. The number of ether oxygens (including phenoxy) is 1. The molecular weight excluding hydrogens is 310 g/mol. The van der Waals surface area contributed by atoms with E-state index < -0.39 is 0 Å². The molecule has 1 heterocycles. The molecule has 0 bridgehead atoms. The number of guanidine groups is 1. The highest BCUT2D eigenvalue weighted by Gasteiger charge is 2.21. The maximum absolute atomic E-state index is 5.76. The normalized spacial score (nSPS) is 16.4. The Kier molecular flexibility index (Phi) is 6.29. The number of fused-ring (bicyclic) bond motifs is 1. The van der Waals surface area contributed by atoms with E-state index in [2.05, 4.69) is 66.5 Å². The molecule has 0 aliphatic carbocycles. The molecule has 3 rings (SSSR count). The number of hydrogen-bond donors (Lipinski definition) is 1. The van der Waals surface area contributed by atoms with Crippen molar-refractivity contribution >= 4 is 16.7 Å². The van der Waals surface area contributed by atoms with Gasteiger partial charge in [-0.05, 0) is 43.0 Å². The summed E-state index contributed by atoms with van der Waals surface area (Å²) in [4.78, 5) is 7.28. The Labute approximate surface area is 150 Å². The first-order valence-electron chi connectivity index (χ1n) is 9.43. The first-order chi connectivity index (χ1) is 12.3. The Bertz CT molecular complexity index is 700. The van der Waals surface area contributed by atoms with Crippen molar-refractivity contribution in [3.63, 3.8) is 0 Å². The van der Waals surface area contributed by atoms with Gasteiger partial charge in [-0.3, -0.25) is 0 Å². The molecule has 1 fully saturated rings. The van der Waals surface area contributed by atoms with Crippen LogP contribution in [0.15, 0.2) is 47.5 Å². The van der Waals surface area contributed by atoms with Crippen LogP contribution in [0.2, 0.25) is 0 Å². The van der Waals surface area contributed by atoms with E-state index in [-0.39, 0.29) is 0 Å². The Balaban J connectivity index is 1.72. The molecule has 4 nitrogen and oxygen atoms in total. The summed E-state index contributed by atoms with van der Waals surface area (Å²) in [5, 5.41) is 6.02. The minimum Gasteiger partial charge on any atom is -0.378 e. The topological polar surface area (TPSA) is 36.9 Å². The highest BCUT2D eigenvalue weighted by molar-refractivity contribution is 5.86. The van der Waals surface area contributed by atoms with E-state index in [1.807, 2.05) is 0 Å². The van der Waals surface area contributed by atoms with Crippen molar-refractivity contribution in [1.29, 1.82) is 0 Å². The summed E-state index contributed by atoms with van der Waals surface area (Å²) >= 11 is 0. The van der Waals surface area contributed by atoms with Gasteiger partial charge in [0.05, 0.1) is 12.6 Å². The summed E-state index contributed by atoms with van der Waals surface area (Å²) in [5.74, 6) is 1.02. The number of rotatable bonds is 5. The van der Waals surface area contributed by atoms with Gasteiger partial charge in [-0.2, -0.15) is 0 Å². The summed E-state index contributed by atoms with van der Waals surface area (Å²) in [5.41, 5.74) is 1.28. The summed E-state index contributed by atoms with van der Waals surface area (Å²) in [6, 6.07) is 15.0. The smallest absolute Gasteiger partial charge is 0.194 e. The highest BCUT2D eigenvalue weighted by Crippen LogP contribution is 2.20. The van der Waals surface area contributed by atoms with Gasteiger partial charge in [-0.25, -0.2) is 4.99 Å². The Morgan fingerprint density at radius 1 is 1.12 bits per heavy atom. The summed E-state index contributed by atoms with van der Waals surface area (Å²) < 4.78 is 5.76. The largest absolute Gasteiger partial charge is 0.378 e. The van der Waals surface area contributed by atoms with Gasteiger partial charge in [0.1, 0.15) is 0 Å². The van der Waals surface area contributed by atoms with Crippen LogP contribution in [0.1, 0.15) is 32.3 Å². The highest BCUT2D eigenvalue weighted by atomic mass is 16.5. The number of aliphatic imine (C=N–C) groups is 1. The van der Waals surface area contributed by atoms with Crippen molar-refractivity contribution in [3.05, 3.63) is 48.0 Å². The van der Waals surface area contributed by atoms with Crippen LogP contribution in [0.4, 0.5) is 0 Å². The van der Waals surface area contributed by atoms with Crippen LogP contribution in [-0.4, -0.2) is 43.2 Å². The molecule has 2 aromatic rings. The number of nitrogens with zero attached hydrogens (tertiary/aromatic N) is 2. The van der Waals surface area contributed by atoms with Gasteiger partial charge in [0, 0.05) is 26.2 Å². The third-order valence-corrected chi connectivity index (χ3v) is 4.76. The summed E-state index contributed by atoms with van der Waals surface area (Å²) in [7, 11) is 0. The van der Waals surface area contributed by atoms with E-state index in [4.69, 9.17) is 9.73 Å². The molecule has 0 spiro atoms. The third-order valence-electron chi connectivity index (χ3n) is 4.76. The second-order valence-corrected chi connectivity index (χ2v) is 6.45. The number of benzene rings is 2. The van der Waals surface area contributed by atoms with E-state index >= 15 is 0 Å². The van der Waals surface area contributed by atoms with E-state index in [1.165, 1.54) is 16.3 Å².